The van der Waals surface area contributed by atoms with E-state index in [-0.39, 0.29) is 11.8 Å². The zero-order valence-corrected chi connectivity index (χ0v) is 16.1. The van der Waals surface area contributed by atoms with Crippen LogP contribution in [0.1, 0.15) is 24.6 Å². The van der Waals surface area contributed by atoms with E-state index in [1.54, 1.807) is 19.2 Å². The number of amides is 2. The molecule has 29 heavy (non-hydrogen) atoms. The SMILES string of the molecule is CN(CCOc1ccc(F)cc1)C(=O)Nc1ccc(-c2n[nH]c(C3CC3)n2)cc1. The maximum absolute atomic E-state index is 12.9. The van der Waals surface area contributed by atoms with Gasteiger partial charge in [-0.2, -0.15) is 5.10 Å². The van der Waals surface area contributed by atoms with Crippen LogP contribution in [0.25, 0.3) is 11.4 Å². The fourth-order valence-corrected chi connectivity index (χ4v) is 2.80. The lowest BCUT2D eigenvalue weighted by atomic mass is 10.2. The second-order valence-corrected chi connectivity index (χ2v) is 7.05. The Labute approximate surface area is 167 Å². The summed E-state index contributed by atoms with van der Waals surface area (Å²) in [5, 5.41) is 10.1. The molecule has 4 rings (SSSR count). The molecule has 0 spiro atoms. The molecule has 0 aliphatic heterocycles. The number of anilines is 1. The summed E-state index contributed by atoms with van der Waals surface area (Å²) < 4.78 is 18.4. The van der Waals surface area contributed by atoms with Gasteiger partial charge in [-0.15, -0.1) is 0 Å². The smallest absolute Gasteiger partial charge is 0.321 e. The first-order valence-electron chi connectivity index (χ1n) is 9.52. The van der Waals surface area contributed by atoms with Gasteiger partial charge in [0.05, 0.1) is 6.54 Å². The van der Waals surface area contributed by atoms with E-state index >= 15 is 0 Å². The summed E-state index contributed by atoms with van der Waals surface area (Å²) in [4.78, 5) is 18.4. The van der Waals surface area contributed by atoms with Gasteiger partial charge in [0.1, 0.15) is 24.0 Å². The van der Waals surface area contributed by atoms with Crippen molar-refractivity contribution >= 4 is 11.7 Å². The van der Waals surface area contributed by atoms with Gasteiger partial charge in [0.15, 0.2) is 5.82 Å². The summed E-state index contributed by atoms with van der Waals surface area (Å²) >= 11 is 0. The van der Waals surface area contributed by atoms with Crippen LogP contribution in [0.4, 0.5) is 14.9 Å². The topological polar surface area (TPSA) is 83.1 Å². The molecule has 0 saturated heterocycles. The molecule has 0 atom stereocenters. The van der Waals surface area contributed by atoms with E-state index in [1.165, 1.54) is 29.9 Å². The highest BCUT2D eigenvalue weighted by Crippen LogP contribution is 2.38. The van der Waals surface area contributed by atoms with E-state index in [0.717, 1.165) is 11.4 Å². The number of hydrogen-bond acceptors (Lipinski definition) is 4. The molecule has 150 valence electrons. The van der Waals surface area contributed by atoms with Gasteiger partial charge in [0.25, 0.3) is 0 Å². The fraction of sp³-hybridized carbons (Fsp3) is 0.286. The van der Waals surface area contributed by atoms with Gasteiger partial charge in [0, 0.05) is 24.2 Å². The van der Waals surface area contributed by atoms with Crippen LogP contribution in [-0.4, -0.2) is 46.3 Å². The average Bonchev–Trinajstić information content (AvgIpc) is 3.47. The number of aromatic nitrogens is 3. The van der Waals surface area contributed by atoms with Gasteiger partial charge in [-0.25, -0.2) is 14.2 Å². The lowest BCUT2D eigenvalue weighted by molar-refractivity contribution is 0.207. The first-order chi connectivity index (χ1) is 14.1. The number of rotatable bonds is 7. The predicted octanol–water partition coefficient (Wildman–Crippen LogP) is 4.03. The number of benzene rings is 2. The third-order valence-electron chi connectivity index (χ3n) is 4.72. The molecule has 2 N–H and O–H groups in total. The Morgan fingerprint density at radius 1 is 1.21 bits per heavy atom. The van der Waals surface area contributed by atoms with E-state index in [9.17, 15) is 9.18 Å². The zero-order chi connectivity index (χ0) is 20.2. The van der Waals surface area contributed by atoms with Crippen LogP contribution in [0.2, 0.25) is 0 Å². The zero-order valence-electron chi connectivity index (χ0n) is 16.1. The molecule has 8 heteroatoms. The number of nitrogens with zero attached hydrogens (tertiary/aromatic N) is 3. The molecule has 1 aliphatic rings. The van der Waals surface area contributed by atoms with Crippen molar-refractivity contribution in [3.8, 4) is 17.1 Å². The normalized spacial score (nSPS) is 13.2. The highest BCUT2D eigenvalue weighted by atomic mass is 19.1. The monoisotopic (exact) mass is 395 g/mol. The van der Waals surface area contributed by atoms with E-state index in [4.69, 9.17) is 4.74 Å². The van der Waals surface area contributed by atoms with Crippen LogP contribution in [0.15, 0.2) is 48.5 Å². The fourth-order valence-electron chi connectivity index (χ4n) is 2.80. The lowest BCUT2D eigenvalue weighted by Gasteiger charge is -2.18. The van der Waals surface area contributed by atoms with Crippen LogP contribution in [0.3, 0.4) is 0 Å². The largest absolute Gasteiger partial charge is 0.492 e. The minimum absolute atomic E-state index is 0.241. The summed E-state index contributed by atoms with van der Waals surface area (Å²) in [6.45, 7) is 0.699. The first kappa shape index (κ1) is 18.9. The molecule has 0 unspecified atom stereocenters. The van der Waals surface area contributed by atoms with Crippen molar-refractivity contribution in [3.05, 3.63) is 60.2 Å². The number of H-pyrrole nitrogens is 1. The minimum atomic E-state index is -0.314. The Hall–Kier alpha value is -3.42. The van der Waals surface area contributed by atoms with Crippen LogP contribution in [0, 0.1) is 5.82 Å². The quantitative estimate of drug-likeness (QED) is 0.633. The number of carbonyl (C=O) groups is 1. The first-order valence-corrected chi connectivity index (χ1v) is 9.52. The number of ether oxygens (including phenoxy) is 1. The van der Waals surface area contributed by atoms with Crippen molar-refractivity contribution in [1.29, 1.82) is 0 Å². The van der Waals surface area contributed by atoms with Crippen LogP contribution >= 0.6 is 0 Å². The lowest BCUT2D eigenvalue weighted by Crippen LogP contribution is -2.34. The Bertz CT molecular complexity index is 967. The van der Waals surface area contributed by atoms with E-state index in [1.807, 2.05) is 24.3 Å². The Morgan fingerprint density at radius 3 is 2.62 bits per heavy atom. The molecule has 1 heterocycles. The van der Waals surface area contributed by atoms with Crippen molar-refractivity contribution < 1.29 is 13.9 Å². The Kier molecular flexibility index (Phi) is 5.41. The number of halogens is 1. The van der Waals surface area contributed by atoms with E-state index in [0.29, 0.717) is 36.3 Å². The Morgan fingerprint density at radius 2 is 1.93 bits per heavy atom. The number of nitrogens with one attached hydrogen (secondary N) is 2. The van der Waals surface area contributed by atoms with Gasteiger partial charge in [-0.3, -0.25) is 5.10 Å². The van der Waals surface area contributed by atoms with E-state index < -0.39 is 0 Å². The number of carbonyl (C=O) groups excluding carboxylic acids is 1. The maximum atomic E-state index is 12.9. The summed E-state index contributed by atoms with van der Waals surface area (Å²) in [6, 6.07) is 12.9. The second-order valence-electron chi connectivity index (χ2n) is 7.05. The number of urea groups is 1. The highest BCUT2D eigenvalue weighted by Gasteiger charge is 2.27. The van der Waals surface area contributed by atoms with Crippen LogP contribution < -0.4 is 10.1 Å². The molecule has 1 fully saturated rings. The van der Waals surface area contributed by atoms with Crippen molar-refractivity contribution in [2.75, 3.05) is 25.5 Å². The third kappa shape index (κ3) is 4.90. The number of hydrogen-bond donors (Lipinski definition) is 2. The molecule has 1 aromatic heterocycles. The van der Waals surface area contributed by atoms with Crippen molar-refractivity contribution in [2.24, 2.45) is 0 Å². The van der Waals surface area contributed by atoms with Crippen LogP contribution in [-0.2, 0) is 0 Å². The highest BCUT2D eigenvalue weighted by molar-refractivity contribution is 5.89. The van der Waals surface area contributed by atoms with Gasteiger partial charge in [-0.1, -0.05) is 0 Å². The van der Waals surface area contributed by atoms with Crippen molar-refractivity contribution in [1.82, 2.24) is 20.1 Å². The molecule has 1 aliphatic carbocycles. The minimum Gasteiger partial charge on any atom is -0.492 e. The van der Waals surface area contributed by atoms with Crippen molar-refractivity contribution in [3.63, 3.8) is 0 Å². The molecule has 1 saturated carbocycles. The number of likely N-dealkylation sites (N-methyl/N-ethyl adjacent to an activating group) is 1. The van der Waals surface area contributed by atoms with Gasteiger partial charge in [0.2, 0.25) is 0 Å². The summed E-state index contributed by atoms with van der Waals surface area (Å²) in [6.07, 6.45) is 2.34. The third-order valence-corrected chi connectivity index (χ3v) is 4.72. The van der Waals surface area contributed by atoms with Crippen LogP contribution in [0.5, 0.6) is 5.75 Å². The average molecular weight is 395 g/mol. The van der Waals surface area contributed by atoms with Gasteiger partial charge >= 0.3 is 6.03 Å². The molecular weight excluding hydrogens is 373 g/mol. The van der Waals surface area contributed by atoms with E-state index in [2.05, 4.69) is 20.5 Å². The summed E-state index contributed by atoms with van der Waals surface area (Å²) in [7, 11) is 1.69. The summed E-state index contributed by atoms with van der Waals surface area (Å²) in [5.74, 6) is 2.39. The molecule has 0 radical (unpaired) electrons. The molecule has 0 bridgehead atoms. The molecule has 2 aromatic carbocycles. The Balaban J connectivity index is 1.26. The summed E-state index contributed by atoms with van der Waals surface area (Å²) in [5.41, 5.74) is 1.58. The second kappa shape index (κ2) is 8.30. The molecule has 3 aromatic rings. The maximum Gasteiger partial charge on any atom is 0.321 e. The standard InChI is InChI=1S/C21H22FN5O2/c1-27(12-13-29-18-10-6-16(22)7-11-18)21(28)23-17-8-4-15(5-9-17)20-24-19(25-26-20)14-2-3-14/h4-11,14H,2-3,12-13H2,1H3,(H,23,28)(H,24,25,26). The molecule has 7 nitrogen and oxygen atoms in total. The van der Waals surface area contributed by atoms with Gasteiger partial charge < -0.3 is 15.0 Å². The predicted molar refractivity (Wildman–Crippen MR) is 107 cm³/mol. The molecule has 2 amide bonds. The number of aromatic amines is 1. The van der Waals surface area contributed by atoms with Crippen molar-refractivity contribution in [2.45, 2.75) is 18.8 Å². The molecular formula is C21H22FN5O2. The van der Waals surface area contributed by atoms with Gasteiger partial charge in [-0.05, 0) is 61.4 Å².